The van der Waals surface area contributed by atoms with Crippen molar-refractivity contribution in [2.45, 2.75) is 71.0 Å². The predicted molar refractivity (Wildman–Crippen MR) is 117 cm³/mol. The number of halogens is 1. The minimum atomic E-state index is 0. The quantitative estimate of drug-likeness (QED) is 0.374. The molecule has 0 spiro atoms. The van der Waals surface area contributed by atoms with Crippen LogP contribution in [0.15, 0.2) is 10.4 Å². The van der Waals surface area contributed by atoms with Crippen LogP contribution in [-0.4, -0.2) is 47.6 Å². The lowest BCUT2D eigenvalue weighted by atomic mass is 10.1. The summed E-state index contributed by atoms with van der Waals surface area (Å²) in [5, 5.41) is 10.3. The van der Waals surface area contributed by atoms with E-state index in [4.69, 9.17) is 4.99 Å². The number of guanidine groups is 1. The zero-order chi connectivity index (χ0) is 16.9. The Morgan fingerprint density at radius 2 is 2.04 bits per heavy atom. The van der Waals surface area contributed by atoms with E-state index in [-0.39, 0.29) is 24.0 Å². The van der Waals surface area contributed by atoms with Gasteiger partial charge in [-0.25, -0.2) is 9.98 Å². The Morgan fingerprint density at radius 3 is 2.60 bits per heavy atom. The van der Waals surface area contributed by atoms with Crippen LogP contribution in [-0.2, 0) is 6.54 Å². The number of aromatic nitrogens is 1. The van der Waals surface area contributed by atoms with Gasteiger partial charge in [0.05, 0.1) is 17.2 Å². The monoisotopic (exact) mass is 477 g/mol. The molecule has 2 fully saturated rings. The van der Waals surface area contributed by atoms with Crippen molar-refractivity contribution >= 4 is 41.3 Å². The Kier molecular flexibility index (Phi) is 8.41. The summed E-state index contributed by atoms with van der Waals surface area (Å²) in [6, 6.07) is 1.44. The van der Waals surface area contributed by atoms with Crippen LogP contribution in [0.4, 0.5) is 0 Å². The summed E-state index contributed by atoms with van der Waals surface area (Å²) >= 11 is 1.74. The van der Waals surface area contributed by atoms with Crippen LogP contribution < -0.4 is 10.6 Å². The van der Waals surface area contributed by atoms with Crippen molar-refractivity contribution in [3.63, 3.8) is 0 Å². The van der Waals surface area contributed by atoms with Crippen LogP contribution in [0.2, 0.25) is 0 Å². The standard InChI is InChI=1S/C18H31N5S.HI/c1-4-19-18(20-11-15-12-24-17(21-15)13(2)3)22-14-7-9-23(10-8-14)16-5-6-16;/h12-14,16H,4-11H2,1-3H3,(H2,19,20,22);1H. The van der Waals surface area contributed by atoms with Crippen molar-refractivity contribution in [3.8, 4) is 0 Å². The molecule has 1 saturated carbocycles. The van der Waals surface area contributed by atoms with E-state index in [1.807, 2.05) is 0 Å². The van der Waals surface area contributed by atoms with Crippen LogP contribution >= 0.6 is 35.3 Å². The molecule has 5 nitrogen and oxygen atoms in total. The molecule has 0 amide bonds. The molecule has 0 atom stereocenters. The molecule has 1 aliphatic carbocycles. The molecule has 0 unspecified atom stereocenters. The molecule has 2 N–H and O–H groups in total. The van der Waals surface area contributed by atoms with Crippen LogP contribution in [0.3, 0.4) is 0 Å². The molecule has 1 aromatic rings. The van der Waals surface area contributed by atoms with Gasteiger partial charge in [0.15, 0.2) is 5.96 Å². The van der Waals surface area contributed by atoms with Crippen molar-refractivity contribution < 1.29 is 0 Å². The van der Waals surface area contributed by atoms with Gasteiger partial charge in [0.1, 0.15) is 0 Å². The summed E-state index contributed by atoms with van der Waals surface area (Å²) in [6.07, 6.45) is 5.26. The summed E-state index contributed by atoms with van der Waals surface area (Å²) in [5.74, 6) is 1.43. The first-order chi connectivity index (χ1) is 11.7. The maximum absolute atomic E-state index is 4.74. The summed E-state index contributed by atoms with van der Waals surface area (Å²) in [5.41, 5.74) is 1.07. The first-order valence-electron chi connectivity index (χ1n) is 9.39. The van der Waals surface area contributed by atoms with Gasteiger partial charge in [-0.15, -0.1) is 35.3 Å². The smallest absolute Gasteiger partial charge is 0.191 e. The fourth-order valence-corrected chi connectivity index (χ4v) is 4.01. The van der Waals surface area contributed by atoms with Crippen LogP contribution in [0, 0.1) is 0 Å². The number of thiazole rings is 1. The summed E-state index contributed by atoms with van der Waals surface area (Å²) in [4.78, 5) is 12.1. The number of piperidine rings is 1. The zero-order valence-electron chi connectivity index (χ0n) is 15.6. The van der Waals surface area contributed by atoms with Gasteiger partial charge < -0.3 is 15.5 Å². The highest BCUT2D eigenvalue weighted by Gasteiger charge is 2.31. The lowest BCUT2D eigenvalue weighted by Crippen LogP contribution is -2.49. The van der Waals surface area contributed by atoms with Crippen LogP contribution in [0.25, 0.3) is 0 Å². The molecule has 7 heteroatoms. The Morgan fingerprint density at radius 1 is 1.32 bits per heavy atom. The maximum atomic E-state index is 4.74. The number of rotatable bonds is 6. The van der Waals surface area contributed by atoms with Gasteiger partial charge in [0.25, 0.3) is 0 Å². The van der Waals surface area contributed by atoms with Gasteiger partial charge in [0.2, 0.25) is 0 Å². The Balaban J connectivity index is 0.00000225. The van der Waals surface area contributed by atoms with Crippen molar-refractivity contribution in [1.29, 1.82) is 0 Å². The minimum absolute atomic E-state index is 0. The lowest BCUT2D eigenvalue weighted by Gasteiger charge is -2.33. The second-order valence-electron chi connectivity index (χ2n) is 7.21. The molecule has 3 rings (SSSR count). The fraction of sp³-hybridized carbons (Fsp3) is 0.778. The van der Waals surface area contributed by atoms with Gasteiger partial charge in [-0.2, -0.15) is 0 Å². The second kappa shape index (κ2) is 10.1. The molecule has 0 bridgehead atoms. The number of hydrogen-bond donors (Lipinski definition) is 2. The van der Waals surface area contributed by atoms with Gasteiger partial charge in [-0.3, -0.25) is 0 Å². The number of hydrogen-bond acceptors (Lipinski definition) is 4. The van der Waals surface area contributed by atoms with Gasteiger partial charge in [-0.1, -0.05) is 13.8 Å². The maximum Gasteiger partial charge on any atom is 0.191 e. The van der Waals surface area contributed by atoms with Gasteiger partial charge >= 0.3 is 0 Å². The molecule has 2 aliphatic rings. The van der Waals surface area contributed by atoms with Crippen molar-refractivity contribution in [2.75, 3.05) is 19.6 Å². The molecular formula is C18H32IN5S. The highest BCUT2D eigenvalue weighted by molar-refractivity contribution is 14.0. The van der Waals surface area contributed by atoms with E-state index in [9.17, 15) is 0 Å². The SMILES string of the molecule is CCNC(=NCc1csc(C(C)C)n1)NC1CCN(C2CC2)CC1.I. The average Bonchev–Trinajstić information content (AvgIpc) is 3.31. The van der Waals surface area contributed by atoms with E-state index in [1.165, 1.54) is 43.8 Å². The highest BCUT2D eigenvalue weighted by atomic mass is 127. The zero-order valence-corrected chi connectivity index (χ0v) is 18.8. The molecule has 25 heavy (non-hydrogen) atoms. The normalized spacial score (nSPS) is 19.8. The first kappa shape index (κ1) is 20.9. The summed E-state index contributed by atoms with van der Waals surface area (Å²) in [6.45, 7) is 10.5. The predicted octanol–water partition coefficient (Wildman–Crippen LogP) is 3.57. The molecule has 1 saturated heterocycles. The minimum Gasteiger partial charge on any atom is -0.357 e. The molecule has 0 aromatic carbocycles. The van der Waals surface area contributed by atoms with E-state index in [0.29, 0.717) is 18.5 Å². The molecule has 0 radical (unpaired) electrons. The first-order valence-corrected chi connectivity index (χ1v) is 10.3. The molecular weight excluding hydrogens is 445 g/mol. The van der Waals surface area contributed by atoms with Crippen molar-refractivity contribution in [2.24, 2.45) is 4.99 Å². The molecule has 1 aromatic heterocycles. The molecule has 142 valence electrons. The largest absolute Gasteiger partial charge is 0.357 e. The third-order valence-electron chi connectivity index (χ3n) is 4.74. The van der Waals surface area contributed by atoms with E-state index >= 15 is 0 Å². The van der Waals surface area contributed by atoms with Crippen LogP contribution in [0.5, 0.6) is 0 Å². The van der Waals surface area contributed by atoms with Gasteiger partial charge in [0, 0.05) is 43.0 Å². The molecule has 1 aliphatic heterocycles. The topological polar surface area (TPSA) is 52.6 Å². The number of nitrogens with one attached hydrogen (secondary N) is 2. The van der Waals surface area contributed by atoms with Crippen molar-refractivity contribution in [1.82, 2.24) is 20.5 Å². The van der Waals surface area contributed by atoms with E-state index in [0.717, 1.165) is 24.2 Å². The molecule has 2 heterocycles. The third-order valence-corrected chi connectivity index (χ3v) is 5.93. The Bertz CT molecular complexity index is 547. The number of likely N-dealkylation sites (tertiary alicyclic amines) is 1. The fourth-order valence-electron chi connectivity index (χ4n) is 3.18. The summed E-state index contributed by atoms with van der Waals surface area (Å²) in [7, 11) is 0. The van der Waals surface area contributed by atoms with E-state index in [1.54, 1.807) is 11.3 Å². The lowest BCUT2D eigenvalue weighted by molar-refractivity contribution is 0.197. The Hall–Kier alpha value is -0.410. The van der Waals surface area contributed by atoms with E-state index < -0.39 is 0 Å². The van der Waals surface area contributed by atoms with Gasteiger partial charge in [-0.05, 0) is 32.6 Å². The van der Waals surface area contributed by atoms with Crippen LogP contribution in [0.1, 0.15) is 63.1 Å². The Labute approximate surface area is 173 Å². The number of nitrogens with zero attached hydrogens (tertiary/aromatic N) is 3. The van der Waals surface area contributed by atoms with E-state index in [2.05, 4.69) is 46.7 Å². The second-order valence-corrected chi connectivity index (χ2v) is 8.10. The highest BCUT2D eigenvalue weighted by Crippen LogP contribution is 2.29. The summed E-state index contributed by atoms with van der Waals surface area (Å²) < 4.78 is 0. The average molecular weight is 477 g/mol. The van der Waals surface area contributed by atoms with Crippen molar-refractivity contribution in [3.05, 3.63) is 16.1 Å². The third kappa shape index (κ3) is 6.36. The number of aliphatic imine (C=N–C) groups is 1.